The second-order valence-corrected chi connectivity index (χ2v) is 6.21. The van der Waals surface area contributed by atoms with Gasteiger partial charge in [0.15, 0.2) is 0 Å². The number of rotatable bonds is 8. The van der Waals surface area contributed by atoms with Crippen LogP contribution < -0.4 is 10.1 Å². The van der Waals surface area contributed by atoms with E-state index in [4.69, 9.17) is 16.3 Å². The van der Waals surface area contributed by atoms with Gasteiger partial charge in [-0.2, -0.15) is 0 Å². The molecule has 3 nitrogen and oxygen atoms in total. The predicted molar refractivity (Wildman–Crippen MR) is 89.5 cm³/mol. The lowest BCUT2D eigenvalue weighted by Gasteiger charge is -2.13. The molecule has 0 unspecified atom stereocenters. The Labute approximate surface area is 135 Å². The van der Waals surface area contributed by atoms with Gasteiger partial charge in [-0.05, 0) is 26.0 Å². The van der Waals surface area contributed by atoms with E-state index in [1.165, 1.54) is 4.88 Å². The van der Waals surface area contributed by atoms with Crippen molar-refractivity contribution < 1.29 is 4.74 Å². The van der Waals surface area contributed by atoms with E-state index < -0.39 is 0 Å². The third-order valence-corrected chi connectivity index (χ3v) is 4.50. The molecule has 0 saturated carbocycles. The van der Waals surface area contributed by atoms with Crippen molar-refractivity contribution in [2.75, 3.05) is 13.2 Å². The standard InChI is InChI=1S/C16H21ClN2OS/c1-3-8-18-10-13-5-4-6-14(17)16(13)20-9-7-15-12(2)19-11-21-15/h4-6,11,18H,3,7-10H2,1-2H3. The summed E-state index contributed by atoms with van der Waals surface area (Å²) in [5.41, 5.74) is 4.07. The van der Waals surface area contributed by atoms with E-state index >= 15 is 0 Å². The van der Waals surface area contributed by atoms with Crippen LogP contribution in [0.3, 0.4) is 0 Å². The first-order valence-corrected chi connectivity index (χ1v) is 8.48. The molecule has 0 bridgehead atoms. The molecular formula is C16H21ClN2OS. The molecule has 1 heterocycles. The fourth-order valence-corrected chi connectivity index (χ4v) is 3.08. The molecule has 1 aromatic carbocycles. The van der Waals surface area contributed by atoms with Crippen molar-refractivity contribution in [2.45, 2.75) is 33.2 Å². The van der Waals surface area contributed by atoms with E-state index in [9.17, 15) is 0 Å². The van der Waals surface area contributed by atoms with Crippen LogP contribution in [-0.2, 0) is 13.0 Å². The van der Waals surface area contributed by atoms with Crippen molar-refractivity contribution in [3.8, 4) is 5.75 Å². The van der Waals surface area contributed by atoms with E-state index in [0.717, 1.165) is 42.9 Å². The van der Waals surface area contributed by atoms with Gasteiger partial charge in [-0.1, -0.05) is 30.7 Å². The van der Waals surface area contributed by atoms with Crippen LogP contribution in [0.4, 0.5) is 0 Å². The normalized spacial score (nSPS) is 10.8. The van der Waals surface area contributed by atoms with Crippen molar-refractivity contribution >= 4 is 22.9 Å². The maximum atomic E-state index is 6.27. The zero-order valence-corrected chi connectivity index (χ0v) is 14.1. The Bertz CT molecular complexity index is 571. The van der Waals surface area contributed by atoms with Crippen molar-refractivity contribution in [3.05, 3.63) is 44.9 Å². The molecule has 0 amide bonds. The van der Waals surface area contributed by atoms with Crippen molar-refractivity contribution in [1.29, 1.82) is 0 Å². The Morgan fingerprint density at radius 1 is 1.38 bits per heavy atom. The first-order chi connectivity index (χ1) is 10.2. The molecule has 0 saturated heterocycles. The second-order valence-electron chi connectivity index (χ2n) is 4.86. The van der Waals surface area contributed by atoms with Crippen molar-refractivity contribution in [3.63, 3.8) is 0 Å². The van der Waals surface area contributed by atoms with Gasteiger partial charge in [-0.3, -0.25) is 0 Å². The van der Waals surface area contributed by atoms with Crippen LogP contribution in [-0.4, -0.2) is 18.1 Å². The molecule has 0 spiro atoms. The fourth-order valence-electron chi connectivity index (χ4n) is 2.07. The summed E-state index contributed by atoms with van der Waals surface area (Å²) in [6.07, 6.45) is 1.98. The monoisotopic (exact) mass is 324 g/mol. The van der Waals surface area contributed by atoms with Crippen LogP contribution in [0.25, 0.3) is 0 Å². The molecule has 114 valence electrons. The van der Waals surface area contributed by atoms with Crippen LogP contribution >= 0.6 is 22.9 Å². The molecule has 2 aromatic rings. The largest absolute Gasteiger partial charge is 0.491 e. The van der Waals surface area contributed by atoms with E-state index in [2.05, 4.69) is 23.3 Å². The van der Waals surface area contributed by atoms with Crippen LogP contribution in [0, 0.1) is 6.92 Å². The third kappa shape index (κ3) is 4.70. The second kappa shape index (κ2) is 8.37. The highest BCUT2D eigenvalue weighted by Crippen LogP contribution is 2.29. The average Bonchev–Trinajstić information content (AvgIpc) is 2.87. The summed E-state index contributed by atoms with van der Waals surface area (Å²) < 4.78 is 5.93. The van der Waals surface area contributed by atoms with Crippen molar-refractivity contribution in [1.82, 2.24) is 10.3 Å². The lowest BCUT2D eigenvalue weighted by Crippen LogP contribution is -2.15. The molecule has 2 rings (SSSR count). The van der Waals surface area contributed by atoms with E-state index in [-0.39, 0.29) is 0 Å². The number of nitrogens with one attached hydrogen (secondary N) is 1. The van der Waals surface area contributed by atoms with E-state index in [1.807, 2.05) is 24.6 Å². The lowest BCUT2D eigenvalue weighted by atomic mass is 10.2. The van der Waals surface area contributed by atoms with Gasteiger partial charge in [0.2, 0.25) is 0 Å². The number of thiazole rings is 1. The first-order valence-electron chi connectivity index (χ1n) is 7.22. The molecule has 0 aliphatic rings. The zero-order chi connectivity index (χ0) is 15.1. The van der Waals surface area contributed by atoms with Gasteiger partial charge in [-0.15, -0.1) is 11.3 Å². The van der Waals surface area contributed by atoms with E-state index in [0.29, 0.717) is 11.6 Å². The number of aromatic nitrogens is 1. The molecular weight excluding hydrogens is 304 g/mol. The van der Waals surface area contributed by atoms with Gasteiger partial charge in [0.1, 0.15) is 5.75 Å². The first kappa shape index (κ1) is 16.3. The van der Waals surface area contributed by atoms with Crippen LogP contribution in [0.1, 0.15) is 29.5 Å². The van der Waals surface area contributed by atoms with Crippen LogP contribution in [0.5, 0.6) is 5.75 Å². The number of hydrogen-bond acceptors (Lipinski definition) is 4. The molecule has 0 atom stereocenters. The molecule has 0 aliphatic heterocycles. The van der Waals surface area contributed by atoms with Gasteiger partial charge >= 0.3 is 0 Å². The Morgan fingerprint density at radius 3 is 2.95 bits per heavy atom. The maximum Gasteiger partial charge on any atom is 0.142 e. The van der Waals surface area contributed by atoms with E-state index in [1.54, 1.807) is 11.3 Å². The quantitative estimate of drug-likeness (QED) is 0.738. The number of para-hydroxylation sites is 1. The molecule has 21 heavy (non-hydrogen) atoms. The summed E-state index contributed by atoms with van der Waals surface area (Å²) in [6.45, 7) is 6.57. The number of hydrogen-bond donors (Lipinski definition) is 1. The molecule has 0 fully saturated rings. The Balaban J connectivity index is 1.96. The lowest BCUT2D eigenvalue weighted by molar-refractivity contribution is 0.318. The highest BCUT2D eigenvalue weighted by atomic mass is 35.5. The van der Waals surface area contributed by atoms with Gasteiger partial charge in [-0.25, -0.2) is 4.98 Å². The molecule has 0 aliphatic carbocycles. The number of benzene rings is 1. The molecule has 1 N–H and O–H groups in total. The molecule has 0 radical (unpaired) electrons. The average molecular weight is 325 g/mol. The summed E-state index contributed by atoms with van der Waals surface area (Å²) in [4.78, 5) is 5.53. The number of ether oxygens (including phenoxy) is 1. The minimum Gasteiger partial charge on any atom is -0.491 e. The summed E-state index contributed by atoms with van der Waals surface area (Å²) >= 11 is 7.95. The van der Waals surface area contributed by atoms with Crippen molar-refractivity contribution in [2.24, 2.45) is 0 Å². The van der Waals surface area contributed by atoms with Gasteiger partial charge in [0.05, 0.1) is 22.8 Å². The fraction of sp³-hybridized carbons (Fsp3) is 0.438. The highest BCUT2D eigenvalue weighted by Gasteiger charge is 2.09. The van der Waals surface area contributed by atoms with Gasteiger partial charge in [0.25, 0.3) is 0 Å². The molecule has 1 aromatic heterocycles. The SMILES string of the molecule is CCCNCc1cccc(Cl)c1OCCc1scnc1C. The summed E-state index contributed by atoms with van der Waals surface area (Å²) in [7, 11) is 0. The highest BCUT2D eigenvalue weighted by molar-refractivity contribution is 7.09. The minimum absolute atomic E-state index is 0.619. The summed E-state index contributed by atoms with van der Waals surface area (Å²) in [5.74, 6) is 0.796. The number of nitrogens with zero attached hydrogens (tertiary/aromatic N) is 1. The predicted octanol–water partition coefficient (Wildman–Crippen LogP) is 4.23. The Morgan fingerprint density at radius 2 is 2.24 bits per heavy atom. The smallest absolute Gasteiger partial charge is 0.142 e. The molecule has 5 heteroatoms. The Kier molecular flexibility index (Phi) is 6.49. The van der Waals surface area contributed by atoms with Gasteiger partial charge in [0, 0.05) is 23.4 Å². The topological polar surface area (TPSA) is 34.1 Å². The maximum absolute atomic E-state index is 6.27. The summed E-state index contributed by atoms with van der Waals surface area (Å²) in [5, 5.41) is 4.06. The number of halogens is 1. The minimum atomic E-state index is 0.619. The van der Waals surface area contributed by atoms with Gasteiger partial charge < -0.3 is 10.1 Å². The zero-order valence-electron chi connectivity index (χ0n) is 12.5. The summed E-state index contributed by atoms with van der Waals surface area (Å²) in [6, 6.07) is 5.89. The third-order valence-electron chi connectivity index (χ3n) is 3.21. The van der Waals surface area contributed by atoms with Crippen LogP contribution in [0.15, 0.2) is 23.7 Å². The van der Waals surface area contributed by atoms with Crippen LogP contribution in [0.2, 0.25) is 5.02 Å². The Hall–Kier alpha value is -1.10. The number of aryl methyl sites for hydroxylation is 1.